The number of piperidine rings is 1. The molecule has 1 saturated heterocycles. The van der Waals surface area contributed by atoms with Gasteiger partial charge in [-0.3, -0.25) is 0 Å². The lowest BCUT2D eigenvalue weighted by Crippen LogP contribution is -2.49. The highest BCUT2D eigenvalue weighted by atomic mass is 32.2. The van der Waals surface area contributed by atoms with E-state index in [0.29, 0.717) is 36.4 Å². The van der Waals surface area contributed by atoms with Crippen LogP contribution in [0.2, 0.25) is 0 Å². The summed E-state index contributed by atoms with van der Waals surface area (Å²) in [4.78, 5) is 0.135. The smallest absolute Gasteiger partial charge is 0.240 e. The molecule has 1 heterocycles. The number of hydrogen-bond donors (Lipinski definition) is 2. The number of ether oxygens (including phenoxy) is 1. The molecule has 1 aliphatic heterocycles. The van der Waals surface area contributed by atoms with Gasteiger partial charge in [-0.15, -0.1) is 0 Å². The molecule has 27 heavy (non-hydrogen) atoms. The van der Waals surface area contributed by atoms with Crippen LogP contribution >= 0.6 is 0 Å². The number of benzene rings is 2. The molecule has 0 amide bonds. The Hall–Kier alpha value is -2.03. The lowest BCUT2D eigenvalue weighted by atomic mass is 9.86. The summed E-state index contributed by atoms with van der Waals surface area (Å²) in [6, 6.07) is 7.88. The van der Waals surface area contributed by atoms with Crippen LogP contribution in [-0.2, 0) is 10.0 Å². The third kappa shape index (κ3) is 4.28. The van der Waals surface area contributed by atoms with Crippen LogP contribution in [0, 0.1) is 18.6 Å². The topological polar surface area (TPSA) is 67.4 Å². The van der Waals surface area contributed by atoms with Gasteiger partial charge in [0.2, 0.25) is 10.0 Å². The van der Waals surface area contributed by atoms with Gasteiger partial charge in [0.15, 0.2) is 11.6 Å². The van der Waals surface area contributed by atoms with Crippen molar-refractivity contribution >= 4 is 10.0 Å². The van der Waals surface area contributed by atoms with Gasteiger partial charge in [0.1, 0.15) is 5.75 Å². The second-order valence-electron chi connectivity index (χ2n) is 6.63. The number of halogens is 2. The van der Waals surface area contributed by atoms with Crippen LogP contribution in [0.1, 0.15) is 23.5 Å². The first-order chi connectivity index (χ1) is 12.8. The highest BCUT2D eigenvalue weighted by Gasteiger charge is 2.31. The van der Waals surface area contributed by atoms with Crippen molar-refractivity contribution in [3.63, 3.8) is 0 Å². The molecule has 0 aromatic heterocycles. The van der Waals surface area contributed by atoms with Crippen molar-refractivity contribution in [2.24, 2.45) is 0 Å². The normalized spacial score (nSPS) is 20.4. The molecule has 0 radical (unpaired) electrons. The molecule has 1 aliphatic rings. The van der Waals surface area contributed by atoms with Crippen LogP contribution in [0.4, 0.5) is 8.78 Å². The van der Waals surface area contributed by atoms with E-state index in [1.54, 1.807) is 19.1 Å². The summed E-state index contributed by atoms with van der Waals surface area (Å²) in [7, 11) is -2.26. The van der Waals surface area contributed by atoms with E-state index >= 15 is 0 Å². The molecule has 5 nitrogen and oxygen atoms in total. The van der Waals surface area contributed by atoms with E-state index in [0.717, 1.165) is 12.1 Å². The molecule has 2 unspecified atom stereocenters. The van der Waals surface area contributed by atoms with Crippen molar-refractivity contribution in [2.75, 3.05) is 20.2 Å². The van der Waals surface area contributed by atoms with Gasteiger partial charge in [-0.25, -0.2) is 21.9 Å². The van der Waals surface area contributed by atoms with Crippen LogP contribution in [0.25, 0.3) is 0 Å². The average molecular weight is 396 g/mol. The van der Waals surface area contributed by atoms with Gasteiger partial charge in [0, 0.05) is 18.5 Å². The van der Waals surface area contributed by atoms with Crippen molar-refractivity contribution in [2.45, 2.75) is 30.2 Å². The molecule has 2 aromatic rings. The third-order valence-electron chi connectivity index (χ3n) is 4.84. The van der Waals surface area contributed by atoms with Crippen LogP contribution in [0.3, 0.4) is 0 Å². The van der Waals surface area contributed by atoms with Crippen LogP contribution in [0.15, 0.2) is 41.3 Å². The predicted molar refractivity (Wildman–Crippen MR) is 98.4 cm³/mol. The molecule has 3 rings (SSSR count). The summed E-state index contributed by atoms with van der Waals surface area (Å²) in [5, 5.41) is 3.15. The molecular formula is C19H22F2N2O3S. The fourth-order valence-corrected chi connectivity index (χ4v) is 4.77. The fraction of sp³-hybridized carbons (Fsp3) is 0.368. The minimum Gasteiger partial charge on any atom is -0.496 e. The maximum Gasteiger partial charge on any atom is 0.240 e. The van der Waals surface area contributed by atoms with Crippen LogP contribution in [0.5, 0.6) is 5.75 Å². The largest absolute Gasteiger partial charge is 0.496 e. The Bertz CT molecular complexity index is 935. The van der Waals surface area contributed by atoms with Gasteiger partial charge in [-0.1, -0.05) is 6.07 Å². The number of rotatable bonds is 5. The summed E-state index contributed by atoms with van der Waals surface area (Å²) in [6.45, 7) is 2.84. The van der Waals surface area contributed by atoms with Crippen molar-refractivity contribution in [3.8, 4) is 5.75 Å². The SMILES string of the molecule is COc1ccc(S(=O)(=O)NC2CNCCC2c2ccc(F)c(F)c2)cc1C. The van der Waals surface area contributed by atoms with E-state index in [2.05, 4.69) is 10.0 Å². The molecular weight excluding hydrogens is 374 g/mol. The number of sulfonamides is 1. The molecule has 2 aromatic carbocycles. The van der Waals surface area contributed by atoms with Gasteiger partial charge in [-0.05, 0) is 61.3 Å². The van der Waals surface area contributed by atoms with Crippen molar-refractivity contribution in [1.82, 2.24) is 10.0 Å². The highest BCUT2D eigenvalue weighted by Crippen LogP contribution is 2.29. The van der Waals surface area contributed by atoms with Crippen molar-refractivity contribution < 1.29 is 21.9 Å². The minimum absolute atomic E-state index is 0.135. The Morgan fingerprint density at radius 1 is 1.15 bits per heavy atom. The van der Waals surface area contributed by atoms with E-state index in [1.165, 1.54) is 19.2 Å². The van der Waals surface area contributed by atoms with E-state index < -0.39 is 27.7 Å². The lowest BCUT2D eigenvalue weighted by Gasteiger charge is -2.33. The molecule has 0 aliphatic carbocycles. The summed E-state index contributed by atoms with van der Waals surface area (Å²) in [5.74, 6) is -1.50. The zero-order valence-corrected chi connectivity index (χ0v) is 15.9. The van der Waals surface area contributed by atoms with Crippen LogP contribution < -0.4 is 14.8 Å². The summed E-state index contributed by atoms with van der Waals surface area (Å²) in [5.41, 5.74) is 1.29. The average Bonchev–Trinajstić information content (AvgIpc) is 2.64. The maximum atomic E-state index is 13.6. The van der Waals surface area contributed by atoms with Crippen molar-refractivity contribution in [3.05, 3.63) is 59.2 Å². The van der Waals surface area contributed by atoms with Crippen LogP contribution in [-0.4, -0.2) is 34.7 Å². The molecule has 146 valence electrons. The molecule has 2 atom stereocenters. The van der Waals surface area contributed by atoms with Gasteiger partial charge < -0.3 is 10.1 Å². The molecule has 0 saturated carbocycles. The Labute approximate surface area is 157 Å². The zero-order chi connectivity index (χ0) is 19.6. The summed E-state index contributed by atoms with van der Waals surface area (Å²) >= 11 is 0. The Kier molecular flexibility index (Phi) is 5.78. The molecule has 8 heteroatoms. The Balaban J connectivity index is 1.86. The Morgan fingerprint density at radius 2 is 1.93 bits per heavy atom. The molecule has 0 bridgehead atoms. The number of nitrogens with one attached hydrogen (secondary N) is 2. The second kappa shape index (κ2) is 7.92. The minimum atomic E-state index is -3.78. The highest BCUT2D eigenvalue weighted by molar-refractivity contribution is 7.89. The van der Waals surface area contributed by atoms with E-state index in [-0.39, 0.29) is 10.8 Å². The standard InChI is InChI=1S/C19H22F2N2O3S/c1-12-9-14(4-6-19(12)26-2)27(24,25)23-18-11-22-8-7-15(18)13-3-5-16(20)17(21)10-13/h3-6,9-10,15,18,22-23H,7-8,11H2,1-2H3. The van der Waals surface area contributed by atoms with Gasteiger partial charge in [0.25, 0.3) is 0 Å². The Morgan fingerprint density at radius 3 is 2.59 bits per heavy atom. The van der Waals surface area contributed by atoms with Gasteiger partial charge in [-0.2, -0.15) is 0 Å². The lowest BCUT2D eigenvalue weighted by molar-refractivity contribution is 0.376. The summed E-state index contributed by atoms with van der Waals surface area (Å²) < 4.78 is 60.4. The van der Waals surface area contributed by atoms with E-state index in [1.807, 2.05) is 0 Å². The first kappa shape index (κ1) is 19.7. The monoisotopic (exact) mass is 396 g/mol. The van der Waals surface area contributed by atoms with E-state index in [9.17, 15) is 17.2 Å². The maximum absolute atomic E-state index is 13.6. The second-order valence-corrected chi connectivity index (χ2v) is 8.35. The quantitative estimate of drug-likeness (QED) is 0.816. The predicted octanol–water partition coefficient (Wildman–Crippen LogP) is 2.71. The van der Waals surface area contributed by atoms with Gasteiger partial charge >= 0.3 is 0 Å². The molecule has 0 spiro atoms. The van der Waals surface area contributed by atoms with Crippen molar-refractivity contribution in [1.29, 1.82) is 0 Å². The third-order valence-corrected chi connectivity index (χ3v) is 6.32. The first-order valence-electron chi connectivity index (χ1n) is 8.64. The number of methoxy groups -OCH3 is 1. The zero-order valence-electron chi connectivity index (χ0n) is 15.1. The van der Waals surface area contributed by atoms with Gasteiger partial charge in [0.05, 0.1) is 12.0 Å². The number of aryl methyl sites for hydroxylation is 1. The first-order valence-corrected chi connectivity index (χ1v) is 10.1. The van der Waals surface area contributed by atoms with E-state index in [4.69, 9.17) is 4.74 Å². The molecule has 1 fully saturated rings. The summed E-state index contributed by atoms with van der Waals surface area (Å²) in [6.07, 6.45) is 0.611. The fourth-order valence-electron chi connectivity index (χ4n) is 3.41. The molecule has 2 N–H and O–H groups in total. The number of hydrogen-bond acceptors (Lipinski definition) is 4.